The van der Waals surface area contributed by atoms with Crippen LogP contribution in [-0.4, -0.2) is 44.3 Å². The predicted molar refractivity (Wildman–Crippen MR) is 108 cm³/mol. The molecule has 0 fully saturated rings. The van der Waals surface area contributed by atoms with Crippen LogP contribution >= 0.6 is 0 Å². The standard InChI is InChI=1S/C14H17N7O3.2C2H6/c1-8(2)7-24-14(22)19-13-18-11(15-3)17-12-16-10(20-21(12)13)9-5-4-6-23-9;2*1-2/h4-6,8H,7H2,1-3H3,(H2,15,16,17,18,19,20,22);2*1-2H3. The zero-order valence-corrected chi connectivity index (χ0v) is 17.5. The molecule has 0 aromatic carbocycles. The van der Waals surface area contributed by atoms with Crippen molar-refractivity contribution in [1.29, 1.82) is 0 Å². The lowest BCUT2D eigenvalue weighted by molar-refractivity contribution is 0.147. The summed E-state index contributed by atoms with van der Waals surface area (Å²) in [6.45, 7) is 12.2. The summed E-state index contributed by atoms with van der Waals surface area (Å²) in [5, 5.41) is 9.63. The van der Waals surface area contributed by atoms with Crippen molar-refractivity contribution in [2.75, 3.05) is 24.3 Å². The Bertz CT molecular complexity index is 844. The zero-order valence-electron chi connectivity index (χ0n) is 17.5. The molecule has 10 heteroatoms. The average Bonchev–Trinajstić information content (AvgIpc) is 3.39. The molecule has 0 atom stereocenters. The van der Waals surface area contributed by atoms with Crippen LogP contribution in [0.25, 0.3) is 17.4 Å². The molecule has 0 spiro atoms. The first-order chi connectivity index (χ1) is 13.6. The minimum absolute atomic E-state index is 0.142. The number of ether oxygens (including phenoxy) is 1. The average molecular weight is 391 g/mol. The summed E-state index contributed by atoms with van der Waals surface area (Å²) in [6, 6.07) is 3.46. The molecule has 1 amide bonds. The lowest BCUT2D eigenvalue weighted by atomic mass is 10.2. The first-order valence-corrected chi connectivity index (χ1v) is 9.37. The summed E-state index contributed by atoms with van der Waals surface area (Å²) in [4.78, 5) is 24.6. The van der Waals surface area contributed by atoms with Crippen molar-refractivity contribution in [3.8, 4) is 11.6 Å². The molecule has 0 radical (unpaired) electrons. The Hall–Kier alpha value is -3.17. The van der Waals surface area contributed by atoms with E-state index in [4.69, 9.17) is 9.15 Å². The molecule has 0 saturated carbocycles. The molecular weight excluding hydrogens is 362 g/mol. The molecule has 2 N–H and O–H groups in total. The van der Waals surface area contributed by atoms with Crippen molar-refractivity contribution in [1.82, 2.24) is 24.6 Å². The number of furan rings is 1. The number of hydrogen-bond acceptors (Lipinski definition) is 8. The van der Waals surface area contributed by atoms with Crippen molar-refractivity contribution < 1.29 is 13.9 Å². The third-order valence-corrected chi connectivity index (χ3v) is 2.94. The monoisotopic (exact) mass is 391 g/mol. The lowest BCUT2D eigenvalue weighted by Crippen LogP contribution is -2.20. The summed E-state index contributed by atoms with van der Waals surface area (Å²) in [5.74, 6) is 1.75. The highest BCUT2D eigenvalue weighted by atomic mass is 16.5. The van der Waals surface area contributed by atoms with Crippen LogP contribution in [0.1, 0.15) is 41.5 Å². The Labute approximate surface area is 164 Å². The van der Waals surface area contributed by atoms with E-state index < -0.39 is 6.09 Å². The second-order valence-corrected chi connectivity index (χ2v) is 5.36. The van der Waals surface area contributed by atoms with Crippen molar-refractivity contribution in [2.24, 2.45) is 5.92 Å². The molecule has 154 valence electrons. The van der Waals surface area contributed by atoms with Gasteiger partial charge in [-0.1, -0.05) is 41.5 Å². The third-order valence-electron chi connectivity index (χ3n) is 2.94. The van der Waals surface area contributed by atoms with Crippen LogP contribution in [-0.2, 0) is 4.74 Å². The highest BCUT2D eigenvalue weighted by molar-refractivity contribution is 5.82. The van der Waals surface area contributed by atoms with Crippen LogP contribution in [0.5, 0.6) is 0 Å². The summed E-state index contributed by atoms with van der Waals surface area (Å²) >= 11 is 0. The fraction of sp³-hybridized carbons (Fsp3) is 0.500. The van der Waals surface area contributed by atoms with E-state index in [2.05, 4.69) is 30.7 Å². The molecule has 0 bridgehead atoms. The topological polar surface area (TPSA) is 119 Å². The number of fused-ring (bicyclic) bond motifs is 1. The van der Waals surface area contributed by atoms with E-state index >= 15 is 0 Å². The van der Waals surface area contributed by atoms with Gasteiger partial charge in [0.1, 0.15) is 0 Å². The van der Waals surface area contributed by atoms with Gasteiger partial charge in [0.05, 0.1) is 12.9 Å². The third kappa shape index (κ3) is 5.93. The van der Waals surface area contributed by atoms with Crippen molar-refractivity contribution >= 4 is 23.8 Å². The Morgan fingerprint density at radius 1 is 1.21 bits per heavy atom. The van der Waals surface area contributed by atoms with E-state index in [1.54, 1.807) is 19.2 Å². The molecule has 3 aromatic rings. The van der Waals surface area contributed by atoms with E-state index in [-0.39, 0.29) is 17.6 Å². The SMILES string of the molecule is CC.CC.CNc1nc(NC(=O)OCC(C)C)n2nc(-c3ccco3)nc2n1. The van der Waals surface area contributed by atoms with Crippen molar-refractivity contribution in [2.45, 2.75) is 41.5 Å². The van der Waals surface area contributed by atoms with Gasteiger partial charge in [0, 0.05) is 7.05 Å². The van der Waals surface area contributed by atoms with Crippen LogP contribution in [0.4, 0.5) is 16.7 Å². The van der Waals surface area contributed by atoms with Crippen LogP contribution in [0.3, 0.4) is 0 Å². The van der Waals surface area contributed by atoms with Crippen LogP contribution in [0, 0.1) is 5.92 Å². The van der Waals surface area contributed by atoms with E-state index in [9.17, 15) is 4.79 Å². The number of nitrogens with zero attached hydrogens (tertiary/aromatic N) is 5. The van der Waals surface area contributed by atoms with E-state index in [0.717, 1.165) is 0 Å². The van der Waals surface area contributed by atoms with Gasteiger partial charge in [-0.15, -0.1) is 5.10 Å². The quantitative estimate of drug-likeness (QED) is 0.668. The normalized spacial score (nSPS) is 9.86. The van der Waals surface area contributed by atoms with E-state index in [0.29, 0.717) is 24.1 Å². The van der Waals surface area contributed by atoms with Gasteiger partial charge in [0.15, 0.2) is 5.76 Å². The van der Waals surface area contributed by atoms with Gasteiger partial charge in [-0.25, -0.2) is 4.79 Å². The van der Waals surface area contributed by atoms with Gasteiger partial charge in [-0.3, -0.25) is 5.32 Å². The molecule has 3 aromatic heterocycles. The highest BCUT2D eigenvalue weighted by Gasteiger charge is 2.17. The number of carbonyl (C=O) groups excluding carboxylic acids is 1. The Morgan fingerprint density at radius 3 is 2.50 bits per heavy atom. The number of anilines is 2. The van der Waals surface area contributed by atoms with Crippen LogP contribution in [0.2, 0.25) is 0 Å². The van der Waals surface area contributed by atoms with Gasteiger partial charge < -0.3 is 14.5 Å². The van der Waals surface area contributed by atoms with Gasteiger partial charge in [0.2, 0.25) is 17.7 Å². The van der Waals surface area contributed by atoms with Crippen LogP contribution < -0.4 is 10.6 Å². The fourth-order valence-corrected chi connectivity index (χ4v) is 1.86. The number of nitrogens with one attached hydrogen (secondary N) is 2. The number of rotatable bonds is 5. The molecular formula is C18H29N7O3. The number of carbonyl (C=O) groups is 1. The van der Waals surface area contributed by atoms with Gasteiger partial charge in [-0.05, 0) is 18.1 Å². The molecule has 0 aliphatic carbocycles. The second-order valence-electron chi connectivity index (χ2n) is 5.36. The zero-order chi connectivity index (χ0) is 21.1. The predicted octanol–water partition coefficient (Wildman–Crippen LogP) is 4.08. The highest BCUT2D eigenvalue weighted by Crippen LogP contribution is 2.18. The summed E-state index contributed by atoms with van der Waals surface area (Å²) in [5.41, 5.74) is 0. The summed E-state index contributed by atoms with van der Waals surface area (Å²) in [7, 11) is 1.66. The molecule has 3 heterocycles. The summed E-state index contributed by atoms with van der Waals surface area (Å²) in [6.07, 6.45) is 0.898. The Kier molecular flexibility index (Phi) is 9.41. The Balaban J connectivity index is 0.000000921. The maximum atomic E-state index is 11.9. The number of amides is 1. The molecule has 0 aliphatic heterocycles. The van der Waals surface area contributed by atoms with Crippen LogP contribution in [0.15, 0.2) is 22.8 Å². The number of aromatic nitrogens is 5. The molecule has 0 aliphatic rings. The minimum Gasteiger partial charge on any atom is -0.461 e. The second kappa shape index (κ2) is 11.5. The molecule has 0 unspecified atom stereocenters. The van der Waals surface area contributed by atoms with Gasteiger partial charge >= 0.3 is 6.09 Å². The maximum Gasteiger partial charge on any atom is 0.414 e. The van der Waals surface area contributed by atoms with Gasteiger partial charge in [-0.2, -0.15) is 19.5 Å². The first kappa shape index (κ1) is 22.9. The molecule has 28 heavy (non-hydrogen) atoms. The minimum atomic E-state index is -0.624. The van der Waals surface area contributed by atoms with Gasteiger partial charge in [0.25, 0.3) is 5.78 Å². The molecule has 0 saturated heterocycles. The summed E-state index contributed by atoms with van der Waals surface area (Å²) < 4.78 is 11.7. The van der Waals surface area contributed by atoms with Crippen molar-refractivity contribution in [3.63, 3.8) is 0 Å². The number of hydrogen-bond donors (Lipinski definition) is 2. The fourth-order valence-electron chi connectivity index (χ4n) is 1.86. The van der Waals surface area contributed by atoms with E-state index in [1.165, 1.54) is 10.8 Å². The molecule has 3 rings (SSSR count). The van der Waals surface area contributed by atoms with E-state index in [1.807, 2.05) is 41.5 Å². The Morgan fingerprint density at radius 2 is 1.93 bits per heavy atom. The maximum absolute atomic E-state index is 11.9. The van der Waals surface area contributed by atoms with Crippen molar-refractivity contribution in [3.05, 3.63) is 18.4 Å². The smallest absolute Gasteiger partial charge is 0.414 e. The first-order valence-electron chi connectivity index (χ1n) is 9.37. The lowest BCUT2D eigenvalue weighted by Gasteiger charge is -2.09. The molecule has 10 nitrogen and oxygen atoms in total. The largest absolute Gasteiger partial charge is 0.461 e.